The monoisotopic (exact) mass is 224 g/mol. The largest absolute Gasteiger partial charge is 0.505 e. The zero-order chi connectivity index (χ0) is 12.5. The van der Waals surface area contributed by atoms with E-state index in [4.69, 9.17) is 11.5 Å². The van der Waals surface area contributed by atoms with Crippen LogP contribution >= 0.6 is 0 Å². The molecule has 4 nitrogen and oxygen atoms in total. The highest BCUT2D eigenvalue weighted by Gasteiger charge is 2.30. The molecule has 0 unspecified atom stereocenters. The topological polar surface area (TPSA) is 92.5 Å². The van der Waals surface area contributed by atoms with Gasteiger partial charge < -0.3 is 21.7 Å². The van der Waals surface area contributed by atoms with E-state index >= 15 is 0 Å². The van der Waals surface area contributed by atoms with Crippen LogP contribution in [0.4, 0.5) is 5.69 Å². The van der Waals surface area contributed by atoms with Crippen LogP contribution in [-0.4, -0.2) is 16.8 Å². The summed E-state index contributed by atoms with van der Waals surface area (Å²) in [6.07, 6.45) is 0. The van der Waals surface area contributed by atoms with E-state index in [9.17, 15) is 10.2 Å². The smallest absolute Gasteiger partial charge is 0.143 e. The highest BCUT2D eigenvalue weighted by molar-refractivity contribution is 5.59. The Kier molecular flexibility index (Phi) is 3.45. The Labute approximate surface area is 95.9 Å². The summed E-state index contributed by atoms with van der Waals surface area (Å²) in [5.41, 5.74) is 13.0. The van der Waals surface area contributed by atoms with E-state index in [-0.39, 0.29) is 12.4 Å². The predicted octanol–water partition coefficient (Wildman–Crippen LogP) is 1.30. The van der Waals surface area contributed by atoms with Crippen molar-refractivity contribution in [1.82, 2.24) is 0 Å². The Morgan fingerprint density at radius 2 is 1.94 bits per heavy atom. The van der Waals surface area contributed by atoms with Crippen LogP contribution in [0.2, 0.25) is 0 Å². The van der Waals surface area contributed by atoms with Crippen LogP contribution in [0, 0.1) is 12.3 Å². The standard InChI is InChI=1S/C12H20N2O2/c1-7-4-5-8(13)10(16)9(7)11(14)12(2,3)6-15/h4-5,11,15-16H,6,13-14H2,1-3H3/t11-/m1/s1. The molecular formula is C12H20N2O2. The molecule has 0 saturated heterocycles. The molecule has 6 N–H and O–H groups in total. The van der Waals surface area contributed by atoms with Crippen molar-refractivity contribution in [3.63, 3.8) is 0 Å². The Morgan fingerprint density at radius 3 is 2.44 bits per heavy atom. The fourth-order valence-corrected chi connectivity index (χ4v) is 1.61. The normalized spacial score (nSPS) is 13.8. The lowest BCUT2D eigenvalue weighted by Crippen LogP contribution is -2.33. The van der Waals surface area contributed by atoms with E-state index in [1.54, 1.807) is 6.07 Å². The van der Waals surface area contributed by atoms with Gasteiger partial charge in [0.25, 0.3) is 0 Å². The lowest BCUT2D eigenvalue weighted by Gasteiger charge is -2.31. The van der Waals surface area contributed by atoms with Crippen molar-refractivity contribution >= 4 is 5.69 Å². The van der Waals surface area contributed by atoms with Crippen molar-refractivity contribution < 1.29 is 10.2 Å². The summed E-state index contributed by atoms with van der Waals surface area (Å²) in [7, 11) is 0. The van der Waals surface area contributed by atoms with Crippen molar-refractivity contribution in [2.75, 3.05) is 12.3 Å². The second-order valence-electron chi connectivity index (χ2n) is 4.86. The summed E-state index contributed by atoms with van der Waals surface area (Å²) in [4.78, 5) is 0. The molecular weight excluding hydrogens is 204 g/mol. The Hall–Kier alpha value is -1.26. The van der Waals surface area contributed by atoms with Crippen LogP contribution < -0.4 is 11.5 Å². The molecule has 1 aromatic carbocycles. The van der Waals surface area contributed by atoms with Crippen molar-refractivity contribution in [2.24, 2.45) is 11.1 Å². The Morgan fingerprint density at radius 1 is 1.38 bits per heavy atom. The molecule has 0 aromatic heterocycles. The summed E-state index contributed by atoms with van der Waals surface area (Å²) < 4.78 is 0. The predicted molar refractivity (Wildman–Crippen MR) is 65.1 cm³/mol. The number of hydrogen-bond acceptors (Lipinski definition) is 4. The van der Waals surface area contributed by atoms with Crippen molar-refractivity contribution in [2.45, 2.75) is 26.8 Å². The van der Waals surface area contributed by atoms with Gasteiger partial charge in [-0.25, -0.2) is 0 Å². The SMILES string of the molecule is Cc1ccc(N)c(O)c1[C@@H](N)C(C)(C)CO. The molecule has 1 atom stereocenters. The molecule has 0 aliphatic heterocycles. The van der Waals surface area contributed by atoms with Gasteiger partial charge in [0.2, 0.25) is 0 Å². The fourth-order valence-electron chi connectivity index (χ4n) is 1.61. The molecule has 0 saturated carbocycles. The molecule has 0 heterocycles. The minimum atomic E-state index is -0.504. The third-order valence-corrected chi connectivity index (χ3v) is 3.03. The second-order valence-corrected chi connectivity index (χ2v) is 4.86. The number of nitrogens with two attached hydrogens (primary N) is 2. The van der Waals surface area contributed by atoms with Gasteiger partial charge in [0.05, 0.1) is 5.69 Å². The number of aryl methyl sites for hydroxylation is 1. The summed E-state index contributed by atoms with van der Waals surface area (Å²) in [6.45, 7) is 5.50. The van der Waals surface area contributed by atoms with Gasteiger partial charge in [0, 0.05) is 23.6 Å². The van der Waals surface area contributed by atoms with Gasteiger partial charge in [0.1, 0.15) is 5.75 Å². The number of phenolic OH excluding ortho intramolecular Hbond substituents is 1. The van der Waals surface area contributed by atoms with Crippen LogP contribution in [0.15, 0.2) is 12.1 Å². The number of aromatic hydroxyl groups is 1. The van der Waals surface area contributed by atoms with Gasteiger partial charge >= 0.3 is 0 Å². The van der Waals surface area contributed by atoms with E-state index in [1.807, 2.05) is 26.8 Å². The molecule has 0 aliphatic carbocycles. The summed E-state index contributed by atoms with van der Waals surface area (Å²) in [5.74, 6) is 0.0222. The Bertz CT molecular complexity index is 389. The lowest BCUT2D eigenvalue weighted by atomic mass is 9.80. The number of hydrogen-bond donors (Lipinski definition) is 4. The van der Waals surface area contributed by atoms with E-state index in [2.05, 4.69) is 0 Å². The molecule has 0 aliphatic rings. The van der Waals surface area contributed by atoms with E-state index in [0.29, 0.717) is 11.3 Å². The average Bonchev–Trinajstić information content (AvgIpc) is 2.24. The maximum Gasteiger partial charge on any atom is 0.143 e. The molecule has 1 rings (SSSR count). The molecule has 4 heteroatoms. The van der Waals surface area contributed by atoms with Gasteiger partial charge in [0.15, 0.2) is 0 Å². The average molecular weight is 224 g/mol. The fraction of sp³-hybridized carbons (Fsp3) is 0.500. The zero-order valence-electron chi connectivity index (χ0n) is 9.99. The van der Waals surface area contributed by atoms with Crippen molar-refractivity contribution in [1.29, 1.82) is 0 Å². The summed E-state index contributed by atoms with van der Waals surface area (Å²) in [6, 6.07) is 3.01. The second kappa shape index (κ2) is 4.31. The number of benzene rings is 1. The van der Waals surface area contributed by atoms with Gasteiger partial charge in [-0.05, 0) is 18.6 Å². The molecule has 0 fully saturated rings. The number of anilines is 1. The van der Waals surface area contributed by atoms with Crippen molar-refractivity contribution in [3.8, 4) is 5.75 Å². The number of rotatable bonds is 3. The van der Waals surface area contributed by atoms with Gasteiger partial charge in [-0.1, -0.05) is 19.9 Å². The summed E-state index contributed by atoms with van der Waals surface area (Å²) in [5, 5.41) is 19.2. The first kappa shape index (κ1) is 12.8. The van der Waals surface area contributed by atoms with E-state index in [0.717, 1.165) is 5.56 Å². The zero-order valence-corrected chi connectivity index (χ0v) is 9.99. The van der Waals surface area contributed by atoms with Crippen LogP contribution in [0.25, 0.3) is 0 Å². The highest BCUT2D eigenvalue weighted by Crippen LogP contribution is 2.39. The first-order chi connectivity index (χ1) is 7.31. The third kappa shape index (κ3) is 2.13. The molecule has 1 aromatic rings. The minimum absolute atomic E-state index is 0.0222. The van der Waals surface area contributed by atoms with Gasteiger partial charge in [-0.3, -0.25) is 0 Å². The van der Waals surface area contributed by atoms with Gasteiger partial charge in [-0.2, -0.15) is 0 Å². The molecule has 0 radical (unpaired) electrons. The molecule has 0 bridgehead atoms. The highest BCUT2D eigenvalue weighted by atomic mass is 16.3. The first-order valence-electron chi connectivity index (χ1n) is 5.25. The van der Waals surface area contributed by atoms with Crippen LogP contribution in [-0.2, 0) is 0 Å². The van der Waals surface area contributed by atoms with Crippen LogP contribution in [0.1, 0.15) is 31.0 Å². The quantitative estimate of drug-likeness (QED) is 0.460. The minimum Gasteiger partial charge on any atom is -0.505 e. The number of phenols is 1. The third-order valence-electron chi connectivity index (χ3n) is 3.03. The van der Waals surface area contributed by atoms with E-state index in [1.165, 1.54) is 0 Å². The maximum atomic E-state index is 9.92. The van der Waals surface area contributed by atoms with Crippen molar-refractivity contribution in [3.05, 3.63) is 23.3 Å². The molecule has 0 amide bonds. The van der Waals surface area contributed by atoms with Crippen LogP contribution in [0.3, 0.4) is 0 Å². The Balaban J connectivity index is 3.28. The number of nitrogen functional groups attached to an aromatic ring is 1. The first-order valence-corrected chi connectivity index (χ1v) is 5.25. The molecule has 16 heavy (non-hydrogen) atoms. The van der Waals surface area contributed by atoms with Crippen LogP contribution in [0.5, 0.6) is 5.75 Å². The maximum absolute atomic E-state index is 9.92. The molecule has 0 spiro atoms. The molecule has 90 valence electrons. The summed E-state index contributed by atoms with van der Waals surface area (Å²) >= 11 is 0. The van der Waals surface area contributed by atoms with Gasteiger partial charge in [-0.15, -0.1) is 0 Å². The lowest BCUT2D eigenvalue weighted by molar-refractivity contribution is 0.131. The number of aliphatic hydroxyl groups is 1. The van der Waals surface area contributed by atoms with E-state index < -0.39 is 11.5 Å². The number of aliphatic hydroxyl groups excluding tert-OH is 1.